The van der Waals surface area contributed by atoms with Gasteiger partial charge < -0.3 is 15.2 Å². The number of carboxylic acid groups (broad SMARTS) is 1. The number of aliphatic carboxylic acids is 1. The van der Waals surface area contributed by atoms with Crippen molar-refractivity contribution in [3.05, 3.63) is 12.7 Å². The van der Waals surface area contributed by atoms with Crippen molar-refractivity contribution >= 4 is 12.1 Å². The first kappa shape index (κ1) is 13.5. The third kappa shape index (κ3) is 7.54. The molecule has 5 heteroatoms. The molecule has 1 atom stereocenters. The molecule has 0 aromatic rings. The van der Waals surface area contributed by atoms with Crippen molar-refractivity contribution in [3.63, 3.8) is 0 Å². The van der Waals surface area contributed by atoms with Gasteiger partial charge in [-0.05, 0) is 20.8 Å². The molecule has 86 valence electrons. The van der Waals surface area contributed by atoms with Crippen LogP contribution in [0.5, 0.6) is 0 Å². The lowest BCUT2D eigenvalue weighted by atomic mass is 10.2. The fourth-order valence-electron chi connectivity index (χ4n) is 0.840. The third-order valence-electron chi connectivity index (χ3n) is 1.38. The van der Waals surface area contributed by atoms with Gasteiger partial charge in [-0.2, -0.15) is 0 Å². The van der Waals surface area contributed by atoms with Crippen molar-refractivity contribution in [3.8, 4) is 0 Å². The maximum atomic E-state index is 11.2. The summed E-state index contributed by atoms with van der Waals surface area (Å²) in [5.41, 5.74) is -0.598. The van der Waals surface area contributed by atoms with Crippen LogP contribution >= 0.6 is 0 Å². The fourth-order valence-corrected chi connectivity index (χ4v) is 0.840. The molecular weight excluding hydrogens is 198 g/mol. The summed E-state index contributed by atoms with van der Waals surface area (Å²) < 4.78 is 4.96. The number of hydrogen-bond donors (Lipinski definition) is 2. The van der Waals surface area contributed by atoms with Crippen molar-refractivity contribution in [1.82, 2.24) is 5.32 Å². The van der Waals surface area contributed by atoms with Gasteiger partial charge in [-0.15, -0.1) is 6.58 Å². The molecule has 0 aromatic carbocycles. The number of carboxylic acids is 1. The molecule has 0 bridgehead atoms. The Morgan fingerprint density at radius 3 is 2.40 bits per heavy atom. The molecular formula is C10H17NO4. The highest BCUT2D eigenvalue weighted by Gasteiger charge is 2.19. The predicted octanol–water partition coefficient (Wildman–Crippen LogP) is 1.54. The quantitative estimate of drug-likeness (QED) is 0.697. The van der Waals surface area contributed by atoms with Gasteiger partial charge in [0.1, 0.15) is 5.60 Å². The van der Waals surface area contributed by atoms with E-state index in [2.05, 4.69) is 11.9 Å². The fraction of sp³-hybridized carbons (Fsp3) is 0.600. The average Bonchev–Trinajstić information content (AvgIpc) is 1.98. The molecule has 5 nitrogen and oxygen atoms in total. The Hall–Kier alpha value is -1.52. The van der Waals surface area contributed by atoms with Gasteiger partial charge in [-0.1, -0.05) is 6.08 Å². The van der Waals surface area contributed by atoms with E-state index >= 15 is 0 Å². The zero-order valence-electron chi connectivity index (χ0n) is 9.24. The smallest absolute Gasteiger partial charge is 0.408 e. The van der Waals surface area contributed by atoms with Crippen LogP contribution in [0.1, 0.15) is 27.2 Å². The van der Waals surface area contributed by atoms with E-state index < -0.39 is 23.7 Å². The van der Waals surface area contributed by atoms with Crippen LogP contribution in [-0.4, -0.2) is 28.8 Å². The Balaban J connectivity index is 4.13. The predicted molar refractivity (Wildman–Crippen MR) is 55.6 cm³/mol. The molecule has 0 rings (SSSR count). The first-order valence-electron chi connectivity index (χ1n) is 4.58. The van der Waals surface area contributed by atoms with Crippen LogP contribution < -0.4 is 5.32 Å². The van der Waals surface area contributed by atoms with Gasteiger partial charge in [-0.25, -0.2) is 4.79 Å². The minimum atomic E-state index is -1.00. The highest BCUT2D eigenvalue weighted by molar-refractivity contribution is 5.72. The van der Waals surface area contributed by atoms with Gasteiger partial charge in [0, 0.05) is 0 Å². The second-order valence-corrected chi connectivity index (χ2v) is 4.09. The highest BCUT2D eigenvalue weighted by atomic mass is 16.6. The molecule has 15 heavy (non-hydrogen) atoms. The summed E-state index contributed by atoms with van der Waals surface area (Å²) >= 11 is 0. The van der Waals surface area contributed by atoms with Crippen LogP contribution in [0.15, 0.2) is 12.7 Å². The van der Waals surface area contributed by atoms with E-state index in [9.17, 15) is 9.59 Å². The molecule has 0 aliphatic heterocycles. The number of alkyl carbamates (subject to hydrolysis) is 1. The molecule has 1 amide bonds. The Kier molecular flexibility index (Phi) is 4.84. The molecule has 0 aromatic heterocycles. The van der Waals surface area contributed by atoms with Crippen molar-refractivity contribution in [2.45, 2.75) is 38.8 Å². The Morgan fingerprint density at radius 1 is 1.53 bits per heavy atom. The van der Waals surface area contributed by atoms with Crippen LogP contribution in [0.3, 0.4) is 0 Å². The van der Waals surface area contributed by atoms with Crippen LogP contribution in [0.2, 0.25) is 0 Å². The monoisotopic (exact) mass is 215 g/mol. The number of carbonyl (C=O) groups is 2. The molecule has 0 fully saturated rings. The summed E-state index contributed by atoms with van der Waals surface area (Å²) in [5.74, 6) is -1.00. The number of ether oxygens (including phenoxy) is 1. The van der Waals surface area contributed by atoms with Crippen LogP contribution in [-0.2, 0) is 9.53 Å². The SMILES string of the molecule is C=C[C@H](CC(=O)O)NC(=O)OC(C)(C)C. The lowest BCUT2D eigenvalue weighted by molar-refractivity contribution is -0.137. The van der Waals surface area contributed by atoms with E-state index in [0.29, 0.717) is 0 Å². The molecule has 0 heterocycles. The van der Waals surface area contributed by atoms with Crippen LogP contribution in [0.25, 0.3) is 0 Å². The van der Waals surface area contributed by atoms with Crippen LogP contribution in [0.4, 0.5) is 4.79 Å². The maximum absolute atomic E-state index is 11.2. The van der Waals surface area contributed by atoms with Crippen molar-refractivity contribution in [2.24, 2.45) is 0 Å². The largest absolute Gasteiger partial charge is 0.481 e. The van der Waals surface area contributed by atoms with Gasteiger partial charge in [-0.3, -0.25) is 4.79 Å². The minimum Gasteiger partial charge on any atom is -0.481 e. The molecule has 2 N–H and O–H groups in total. The van der Waals surface area contributed by atoms with E-state index in [1.54, 1.807) is 20.8 Å². The molecule has 0 aliphatic carbocycles. The van der Waals surface area contributed by atoms with E-state index in [1.165, 1.54) is 6.08 Å². The number of amides is 1. The Bertz CT molecular complexity index is 255. The average molecular weight is 215 g/mol. The summed E-state index contributed by atoms with van der Waals surface area (Å²) in [7, 11) is 0. The number of hydrogen-bond acceptors (Lipinski definition) is 3. The van der Waals surface area contributed by atoms with Crippen molar-refractivity contribution in [1.29, 1.82) is 0 Å². The van der Waals surface area contributed by atoms with Crippen molar-refractivity contribution < 1.29 is 19.4 Å². The lowest BCUT2D eigenvalue weighted by Gasteiger charge is -2.21. The van der Waals surface area contributed by atoms with Gasteiger partial charge in [0.25, 0.3) is 0 Å². The Labute approximate surface area is 89.1 Å². The summed E-state index contributed by atoms with van der Waals surface area (Å²) in [6.45, 7) is 8.62. The number of nitrogens with one attached hydrogen (secondary N) is 1. The van der Waals surface area contributed by atoms with Crippen LogP contribution in [0, 0.1) is 0 Å². The standard InChI is InChI=1S/C10H17NO4/c1-5-7(6-8(12)13)11-9(14)15-10(2,3)4/h5,7H,1,6H2,2-4H3,(H,11,14)(H,12,13)/t7-/m1/s1. The second kappa shape index (κ2) is 5.38. The third-order valence-corrected chi connectivity index (χ3v) is 1.38. The number of carbonyl (C=O) groups excluding carboxylic acids is 1. The van der Waals surface area contributed by atoms with E-state index in [-0.39, 0.29) is 6.42 Å². The highest BCUT2D eigenvalue weighted by Crippen LogP contribution is 2.07. The van der Waals surface area contributed by atoms with Gasteiger partial charge in [0.15, 0.2) is 0 Å². The zero-order chi connectivity index (χ0) is 12.1. The molecule has 0 saturated carbocycles. The second-order valence-electron chi connectivity index (χ2n) is 4.09. The van der Waals surface area contributed by atoms with Gasteiger partial charge >= 0.3 is 12.1 Å². The minimum absolute atomic E-state index is 0.206. The molecule has 0 aliphatic rings. The summed E-state index contributed by atoms with van der Waals surface area (Å²) in [5, 5.41) is 10.9. The molecule has 0 saturated heterocycles. The first-order valence-corrected chi connectivity index (χ1v) is 4.58. The van der Waals surface area contributed by atoms with Gasteiger partial charge in [0.05, 0.1) is 12.5 Å². The molecule has 0 spiro atoms. The Morgan fingerprint density at radius 2 is 2.07 bits per heavy atom. The summed E-state index contributed by atoms with van der Waals surface area (Å²) in [4.78, 5) is 21.6. The van der Waals surface area contributed by atoms with Crippen molar-refractivity contribution in [2.75, 3.05) is 0 Å². The van der Waals surface area contributed by atoms with Gasteiger partial charge in [0.2, 0.25) is 0 Å². The van der Waals surface area contributed by atoms with E-state index in [4.69, 9.17) is 9.84 Å². The molecule has 0 radical (unpaired) electrons. The van der Waals surface area contributed by atoms with E-state index in [1.807, 2.05) is 0 Å². The number of rotatable bonds is 4. The first-order chi connectivity index (χ1) is 6.74. The lowest BCUT2D eigenvalue weighted by Crippen LogP contribution is -2.39. The zero-order valence-corrected chi connectivity index (χ0v) is 9.24. The summed E-state index contributed by atoms with van der Waals surface area (Å²) in [6.07, 6.45) is 0.509. The topological polar surface area (TPSA) is 75.6 Å². The summed E-state index contributed by atoms with van der Waals surface area (Å²) in [6, 6.07) is -0.614. The van der Waals surface area contributed by atoms with E-state index in [0.717, 1.165) is 0 Å². The maximum Gasteiger partial charge on any atom is 0.408 e. The molecule has 0 unspecified atom stereocenters. The normalized spacial score (nSPS) is 12.7.